The Morgan fingerprint density at radius 1 is 1.31 bits per heavy atom. The van der Waals surface area contributed by atoms with Crippen LogP contribution < -0.4 is 4.74 Å². The van der Waals surface area contributed by atoms with Gasteiger partial charge in [0, 0.05) is 11.6 Å². The molecular weight excluding hydrogens is 218 g/mol. The number of esters is 1. The maximum Gasteiger partial charge on any atom is 0.310 e. The number of rotatable bonds is 4. The molecule has 0 fully saturated rings. The molecule has 88 valence electrons. The third-order valence-electron chi connectivity index (χ3n) is 1.96. The summed E-state index contributed by atoms with van der Waals surface area (Å²) >= 11 is 0. The standard InChI is InChI=1S/C11H12F2O3/c1-3-16-11(14)5-7-4-9(13)10(15-2)6-8(7)12/h4,6H,3,5H2,1-2H3. The zero-order chi connectivity index (χ0) is 12.1. The SMILES string of the molecule is CCOC(=O)Cc1cc(F)c(OC)cc1F. The number of ether oxygens (including phenoxy) is 2. The van der Waals surface area contributed by atoms with Crippen molar-refractivity contribution in [3.05, 3.63) is 29.3 Å². The smallest absolute Gasteiger partial charge is 0.310 e. The van der Waals surface area contributed by atoms with E-state index in [1.165, 1.54) is 7.11 Å². The molecule has 1 rings (SSSR count). The number of carbonyl (C=O) groups is 1. The first kappa shape index (κ1) is 12.4. The van der Waals surface area contributed by atoms with Gasteiger partial charge in [-0.25, -0.2) is 8.78 Å². The van der Waals surface area contributed by atoms with Crippen LogP contribution in [0.4, 0.5) is 8.78 Å². The fourth-order valence-electron chi connectivity index (χ4n) is 1.23. The molecule has 0 N–H and O–H groups in total. The lowest BCUT2D eigenvalue weighted by molar-refractivity contribution is -0.142. The van der Waals surface area contributed by atoms with Crippen molar-refractivity contribution in [2.75, 3.05) is 13.7 Å². The molecule has 0 saturated heterocycles. The van der Waals surface area contributed by atoms with E-state index < -0.39 is 17.6 Å². The third kappa shape index (κ3) is 2.92. The normalized spacial score (nSPS) is 10.0. The van der Waals surface area contributed by atoms with Gasteiger partial charge in [-0.05, 0) is 13.0 Å². The van der Waals surface area contributed by atoms with E-state index in [0.717, 1.165) is 12.1 Å². The Labute approximate surface area is 92.0 Å². The third-order valence-corrected chi connectivity index (χ3v) is 1.96. The minimum Gasteiger partial charge on any atom is -0.494 e. The molecule has 0 saturated carbocycles. The van der Waals surface area contributed by atoms with Crippen molar-refractivity contribution in [2.24, 2.45) is 0 Å². The second kappa shape index (κ2) is 5.44. The topological polar surface area (TPSA) is 35.5 Å². The minimum atomic E-state index is -0.705. The molecule has 0 aliphatic rings. The van der Waals surface area contributed by atoms with Gasteiger partial charge in [0.15, 0.2) is 11.6 Å². The summed E-state index contributed by atoms with van der Waals surface area (Å²) in [6, 6.07) is 1.84. The first-order valence-electron chi connectivity index (χ1n) is 4.76. The largest absolute Gasteiger partial charge is 0.494 e. The number of benzene rings is 1. The van der Waals surface area contributed by atoms with E-state index >= 15 is 0 Å². The Bertz CT molecular complexity index is 391. The zero-order valence-electron chi connectivity index (χ0n) is 9.05. The number of halogens is 2. The van der Waals surface area contributed by atoms with Crippen LogP contribution >= 0.6 is 0 Å². The predicted octanol–water partition coefficient (Wildman–Crippen LogP) is 2.08. The van der Waals surface area contributed by atoms with E-state index in [-0.39, 0.29) is 24.3 Å². The molecule has 0 unspecified atom stereocenters. The first-order chi connectivity index (χ1) is 7.58. The van der Waals surface area contributed by atoms with Crippen LogP contribution in [-0.2, 0) is 16.0 Å². The van der Waals surface area contributed by atoms with Gasteiger partial charge < -0.3 is 9.47 Å². The second-order valence-corrected chi connectivity index (χ2v) is 3.06. The molecule has 16 heavy (non-hydrogen) atoms. The Morgan fingerprint density at radius 3 is 2.56 bits per heavy atom. The molecule has 0 heterocycles. The van der Waals surface area contributed by atoms with Crippen molar-refractivity contribution in [2.45, 2.75) is 13.3 Å². The van der Waals surface area contributed by atoms with Gasteiger partial charge in [-0.15, -0.1) is 0 Å². The molecule has 3 nitrogen and oxygen atoms in total. The Balaban J connectivity index is 2.89. The van der Waals surface area contributed by atoms with Gasteiger partial charge in [-0.3, -0.25) is 4.79 Å². The fraction of sp³-hybridized carbons (Fsp3) is 0.364. The Morgan fingerprint density at radius 2 is 2.00 bits per heavy atom. The van der Waals surface area contributed by atoms with Crippen molar-refractivity contribution in [1.29, 1.82) is 0 Å². The van der Waals surface area contributed by atoms with Gasteiger partial charge in [0.1, 0.15) is 5.82 Å². The van der Waals surface area contributed by atoms with E-state index in [1.54, 1.807) is 6.92 Å². The average molecular weight is 230 g/mol. The summed E-state index contributed by atoms with van der Waals surface area (Å²) < 4.78 is 35.8. The second-order valence-electron chi connectivity index (χ2n) is 3.06. The van der Waals surface area contributed by atoms with Crippen molar-refractivity contribution in [3.8, 4) is 5.75 Å². The minimum absolute atomic E-state index is 0.0447. The van der Waals surface area contributed by atoms with Crippen LogP contribution in [0, 0.1) is 11.6 Å². The summed E-state index contributed by atoms with van der Waals surface area (Å²) in [5.74, 6) is -2.18. The van der Waals surface area contributed by atoms with Gasteiger partial charge >= 0.3 is 5.97 Å². The monoisotopic (exact) mass is 230 g/mol. The maximum atomic E-state index is 13.4. The molecule has 0 atom stereocenters. The molecule has 0 bridgehead atoms. The number of hydrogen-bond acceptors (Lipinski definition) is 3. The molecule has 0 aliphatic carbocycles. The van der Waals surface area contributed by atoms with Gasteiger partial charge in [0.25, 0.3) is 0 Å². The van der Waals surface area contributed by atoms with Crippen LogP contribution in [0.3, 0.4) is 0 Å². The van der Waals surface area contributed by atoms with E-state index in [2.05, 4.69) is 9.47 Å². The maximum absolute atomic E-state index is 13.4. The highest BCUT2D eigenvalue weighted by Gasteiger charge is 2.13. The fourth-order valence-corrected chi connectivity index (χ4v) is 1.23. The molecule has 0 aromatic heterocycles. The van der Waals surface area contributed by atoms with Gasteiger partial charge in [-0.1, -0.05) is 0 Å². The predicted molar refractivity (Wildman–Crippen MR) is 53.2 cm³/mol. The molecular formula is C11H12F2O3. The number of methoxy groups -OCH3 is 1. The van der Waals surface area contributed by atoms with Crippen molar-refractivity contribution in [1.82, 2.24) is 0 Å². The van der Waals surface area contributed by atoms with Gasteiger partial charge in [0.2, 0.25) is 0 Å². The van der Waals surface area contributed by atoms with E-state index in [0.29, 0.717) is 0 Å². The average Bonchev–Trinajstić information content (AvgIpc) is 2.23. The summed E-state index contributed by atoms with van der Waals surface area (Å²) in [4.78, 5) is 11.1. The van der Waals surface area contributed by atoms with Crippen LogP contribution in [0.25, 0.3) is 0 Å². The summed E-state index contributed by atoms with van der Waals surface area (Å²) in [7, 11) is 1.24. The van der Waals surface area contributed by atoms with Crippen molar-refractivity contribution >= 4 is 5.97 Å². The quantitative estimate of drug-likeness (QED) is 0.743. The lowest BCUT2D eigenvalue weighted by atomic mass is 10.1. The van der Waals surface area contributed by atoms with E-state index in [1.807, 2.05) is 0 Å². The molecule has 0 aliphatic heterocycles. The summed E-state index contributed by atoms with van der Waals surface area (Å²) in [6.45, 7) is 1.85. The van der Waals surface area contributed by atoms with Crippen molar-refractivity contribution in [3.63, 3.8) is 0 Å². The van der Waals surface area contributed by atoms with Crippen molar-refractivity contribution < 1.29 is 23.0 Å². The highest BCUT2D eigenvalue weighted by atomic mass is 19.1. The number of hydrogen-bond donors (Lipinski definition) is 0. The van der Waals surface area contributed by atoms with E-state index in [4.69, 9.17) is 0 Å². The van der Waals surface area contributed by atoms with Crippen LogP contribution in [-0.4, -0.2) is 19.7 Å². The van der Waals surface area contributed by atoms with Crippen LogP contribution in [0.1, 0.15) is 12.5 Å². The van der Waals surface area contributed by atoms with Gasteiger partial charge in [0.05, 0.1) is 20.1 Å². The van der Waals surface area contributed by atoms with E-state index in [9.17, 15) is 13.6 Å². The molecule has 1 aromatic carbocycles. The first-order valence-corrected chi connectivity index (χ1v) is 4.76. The summed E-state index contributed by atoms with van der Waals surface area (Å²) in [5.41, 5.74) is -0.0447. The van der Waals surface area contributed by atoms with Crippen LogP contribution in [0.5, 0.6) is 5.75 Å². The highest BCUT2D eigenvalue weighted by molar-refractivity contribution is 5.72. The molecule has 1 aromatic rings. The zero-order valence-corrected chi connectivity index (χ0v) is 9.05. The lowest BCUT2D eigenvalue weighted by Gasteiger charge is -2.06. The summed E-state index contributed by atoms with van der Waals surface area (Å²) in [6.07, 6.45) is -0.291. The van der Waals surface area contributed by atoms with Crippen LogP contribution in [0.2, 0.25) is 0 Å². The molecule has 0 radical (unpaired) electrons. The Hall–Kier alpha value is -1.65. The summed E-state index contributed by atoms with van der Waals surface area (Å²) in [5, 5.41) is 0. The van der Waals surface area contributed by atoms with Crippen LogP contribution in [0.15, 0.2) is 12.1 Å². The van der Waals surface area contributed by atoms with Gasteiger partial charge in [-0.2, -0.15) is 0 Å². The lowest BCUT2D eigenvalue weighted by Crippen LogP contribution is -2.09. The number of carbonyl (C=O) groups excluding carboxylic acids is 1. The molecule has 0 spiro atoms. The molecule has 5 heteroatoms. The Kier molecular flexibility index (Phi) is 4.22. The molecule has 0 amide bonds. The highest BCUT2D eigenvalue weighted by Crippen LogP contribution is 2.21.